The van der Waals surface area contributed by atoms with Crippen LogP contribution < -0.4 is 11.1 Å². The van der Waals surface area contributed by atoms with Gasteiger partial charge in [0.05, 0.1) is 0 Å². The van der Waals surface area contributed by atoms with Gasteiger partial charge in [0.25, 0.3) is 0 Å². The van der Waals surface area contributed by atoms with Crippen molar-refractivity contribution < 1.29 is 4.79 Å². The molecule has 0 fully saturated rings. The lowest BCUT2D eigenvalue weighted by Gasteiger charge is -2.26. The highest BCUT2D eigenvalue weighted by Gasteiger charge is 2.22. The molecule has 98 valence electrons. The summed E-state index contributed by atoms with van der Waals surface area (Å²) in [7, 11) is 3.17. The molecule has 0 saturated carbocycles. The van der Waals surface area contributed by atoms with Crippen molar-refractivity contribution in [2.24, 2.45) is 10.7 Å². The maximum absolute atomic E-state index is 11.3. The highest BCUT2D eigenvalue weighted by Crippen LogP contribution is 2.19. The van der Waals surface area contributed by atoms with E-state index >= 15 is 0 Å². The minimum Gasteiger partial charge on any atom is -0.333 e. The van der Waals surface area contributed by atoms with Crippen molar-refractivity contribution in [3.63, 3.8) is 0 Å². The first kappa shape index (κ1) is 17.8. The number of hydrogen-bond acceptors (Lipinski definition) is 3. The molecule has 2 amide bonds. The average molecular weight is 240 g/mol. The number of nitrogens with zero attached hydrogens (tertiary/aromatic N) is 2. The summed E-state index contributed by atoms with van der Waals surface area (Å²) in [5, 5.41) is 2.63. The van der Waals surface area contributed by atoms with E-state index < -0.39 is 0 Å². The Morgan fingerprint density at radius 2 is 1.88 bits per heavy atom. The van der Waals surface area contributed by atoms with Gasteiger partial charge < -0.3 is 11.1 Å². The van der Waals surface area contributed by atoms with E-state index in [-0.39, 0.29) is 6.03 Å². The van der Waals surface area contributed by atoms with Crippen molar-refractivity contribution in [1.29, 1.82) is 0 Å². The smallest absolute Gasteiger partial charge is 0.327 e. The Morgan fingerprint density at radius 1 is 1.41 bits per heavy atom. The molecule has 5 nitrogen and oxygen atoms in total. The second-order valence-electron chi connectivity index (χ2n) is 2.80. The van der Waals surface area contributed by atoms with E-state index in [4.69, 9.17) is 0 Å². The van der Waals surface area contributed by atoms with E-state index in [0.29, 0.717) is 11.5 Å². The number of nitrogens with two attached hydrogens (primary N) is 1. The molecule has 3 N–H and O–H groups in total. The van der Waals surface area contributed by atoms with Crippen molar-refractivity contribution in [3.05, 3.63) is 23.7 Å². The number of hydrogen-bond donors (Lipinski definition) is 2. The number of carbonyl (C=O) groups is 1. The molecule has 1 heterocycles. The van der Waals surface area contributed by atoms with Crippen molar-refractivity contribution in [2.75, 3.05) is 14.1 Å². The fourth-order valence-corrected chi connectivity index (χ4v) is 1.10. The summed E-state index contributed by atoms with van der Waals surface area (Å²) in [6.07, 6.45) is 1.65. The molecule has 0 unspecified atom stereocenters. The molecule has 0 atom stereocenters. The molecule has 0 aromatic rings. The molecule has 0 saturated heterocycles. The summed E-state index contributed by atoms with van der Waals surface area (Å²) >= 11 is 0. The molecule has 1 aliphatic rings. The zero-order valence-electron chi connectivity index (χ0n) is 11.7. The summed E-state index contributed by atoms with van der Waals surface area (Å²) in [5.41, 5.74) is 6.00. The third-order valence-corrected chi connectivity index (χ3v) is 1.92. The number of amides is 2. The van der Waals surface area contributed by atoms with Crippen LogP contribution in [0.25, 0.3) is 0 Å². The molecule has 0 bridgehead atoms. The molecule has 0 spiro atoms. The normalized spacial score (nSPS) is 14.9. The first-order valence-corrected chi connectivity index (χ1v) is 5.59. The van der Waals surface area contributed by atoms with Crippen LogP contribution in [-0.2, 0) is 0 Å². The molecule has 1 rings (SSSR count). The van der Waals surface area contributed by atoms with Crippen molar-refractivity contribution >= 4 is 12.2 Å². The van der Waals surface area contributed by atoms with Crippen LogP contribution in [0.3, 0.4) is 0 Å². The topological polar surface area (TPSA) is 70.7 Å². The molecule has 0 radical (unpaired) electrons. The largest absolute Gasteiger partial charge is 0.333 e. The minimum atomic E-state index is -0.198. The Balaban J connectivity index is 0. The molecule has 1 aliphatic heterocycles. The van der Waals surface area contributed by atoms with Crippen molar-refractivity contribution in [1.82, 2.24) is 10.2 Å². The van der Waals surface area contributed by atoms with E-state index in [1.54, 1.807) is 13.3 Å². The Bertz CT molecular complexity index is 318. The second-order valence-corrected chi connectivity index (χ2v) is 2.80. The number of aliphatic imine (C=N–C) groups is 1. The summed E-state index contributed by atoms with van der Waals surface area (Å²) in [5.74, 6) is 0.649. The van der Waals surface area contributed by atoms with Gasteiger partial charge in [-0.1, -0.05) is 20.4 Å². The molecule has 0 aromatic heterocycles. The van der Waals surface area contributed by atoms with Gasteiger partial charge in [0.15, 0.2) is 0 Å². The standard InChI is InChI=1S/C9H13N3O.C2H6.CH5N/c1-5-10-8-6(2)7(3)11-9(13)12(8)4;2*1-2/h5H,3H2,1-2,4H3,(H,11,13);1-2H3;2H2,1H3/b10-5-;;. The van der Waals surface area contributed by atoms with E-state index in [2.05, 4.69) is 22.6 Å². The summed E-state index contributed by atoms with van der Waals surface area (Å²) in [6.45, 7) is 11.4. The maximum Gasteiger partial charge on any atom is 0.327 e. The van der Waals surface area contributed by atoms with Crippen LogP contribution in [0.15, 0.2) is 28.7 Å². The van der Waals surface area contributed by atoms with E-state index in [1.165, 1.54) is 11.9 Å². The van der Waals surface area contributed by atoms with Crippen LogP contribution in [-0.4, -0.2) is 31.2 Å². The van der Waals surface area contributed by atoms with Gasteiger partial charge in [-0.3, -0.25) is 4.90 Å². The summed E-state index contributed by atoms with van der Waals surface area (Å²) in [4.78, 5) is 16.8. The van der Waals surface area contributed by atoms with Crippen LogP contribution in [0, 0.1) is 0 Å². The maximum atomic E-state index is 11.3. The molecular weight excluding hydrogens is 216 g/mol. The molecule has 0 aromatic carbocycles. The Morgan fingerprint density at radius 3 is 2.29 bits per heavy atom. The third kappa shape index (κ3) is 4.82. The molecule has 5 heteroatoms. The van der Waals surface area contributed by atoms with Crippen molar-refractivity contribution in [2.45, 2.75) is 27.7 Å². The Kier molecular flexibility index (Phi) is 10.0. The number of rotatable bonds is 1. The van der Waals surface area contributed by atoms with Crippen molar-refractivity contribution in [3.8, 4) is 0 Å². The van der Waals surface area contributed by atoms with Crippen LogP contribution in [0.2, 0.25) is 0 Å². The summed E-state index contributed by atoms with van der Waals surface area (Å²) in [6, 6.07) is -0.198. The zero-order chi connectivity index (χ0) is 14.0. The summed E-state index contributed by atoms with van der Waals surface area (Å²) < 4.78 is 0. The van der Waals surface area contributed by atoms with Crippen LogP contribution in [0.1, 0.15) is 27.7 Å². The predicted molar refractivity (Wildman–Crippen MR) is 73.8 cm³/mol. The highest BCUT2D eigenvalue weighted by atomic mass is 16.2. The van der Waals surface area contributed by atoms with Crippen LogP contribution in [0.5, 0.6) is 0 Å². The predicted octanol–water partition coefficient (Wildman–Crippen LogP) is 2.08. The molecular formula is C12H24N4O. The van der Waals surface area contributed by atoms with E-state index in [1.807, 2.05) is 27.7 Å². The van der Waals surface area contributed by atoms with Gasteiger partial charge in [0, 0.05) is 24.5 Å². The monoisotopic (exact) mass is 240 g/mol. The molecule has 0 aliphatic carbocycles. The van der Waals surface area contributed by atoms with Crippen LogP contribution in [0.4, 0.5) is 4.79 Å². The van der Waals surface area contributed by atoms with Crippen LogP contribution >= 0.6 is 0 Å². The SMILES string of the molecule is C=C1NC(=O)N(C)C(/N=C\C)=C1C.CC.CN. The highest BCUT2D eigenvalue weighted by molar-refractivity contribution is 5.81. The van der Waals surface area contributed by atoms with Gasteiger partial charge in [0.1, 0.15) is 5.82 Å². The number of allylic oxidation sites excluding steroid dienone is 1. The first-order valence-electron chi connectivity index (χ1n) is 5.59. The quantitative estimate of drug-likeness (QED) is 0.689. The lowest BCUT2D eigenvalue weighted by molar-refractivity contribution is 0.219. The van der Waals surface area contributed by atoms with Gasteiger partial charge in [-0.25, -0.2) is 9.79 Å². The Hall–Kier alpha value is -1.62. The van der Waals surface area contributed by atoms with E-state index in [0.717, 1.165) is 5.57 Å². The Labute approximate surface area is 104 Å². The lowest BCUT2D eigenvalue weighted by Crippen LogP contribution is -2.40. The van der Waals surface area contributed by atoms with Gasteiger partial charge >= 0.3 is 6.03 Å². The van der Waals surface area contributed by atoms with Gasteiger partial charge in [-0.15, -0.1) is 0 Å². The minimum absolute atomic E-state index is 0.198. The zero-order valence-corrected chi connectivity index (χ0v) is 11.7. The lowest BCUT2D eigenvalue weighted by atomic mass is 10.2. The fourth-order valence-electron chi connectivity index (χ4n) is 1.10. The number of nitrogens with one attached hydrogen (secondary N) is 1. The number of carbonyl (C=O) groups excluding carboxylic acids is 1. The number of urea groups is 1. The second kappa shape index (κ2) is 9.59. The van der Waals surface area contributed by atoms with Gasteiger partial charge in [0.2, 0.25) is 0 Å². The van der Waals surface area contributed by atoms with E-state index in [9.17, 15) is 4.79 Å². The fraction of sp³-hybridized carbons (Fsp3) is 0.500. The van der Waals surface area contributed by atoms with Gasteiger partial charge in [-0.2, -0.15) is 0 Å². The first-order chi connectivity index (χ1) is 8.07. The average Bonchev–Trinajstić information content (AvgIpc) is 2.37. The van der Waals surface area contributed by atoms with Gasteiger partial charge in [-0.05, 0) is 20.9 Å². The third-order valence-electron chi connectivity index (χ3n) is 1.92. The molecule has 17 heavy (non-hydrogen) atoms.